The summed E-state index contributed by atoms with van der Waals surface area (Å²) in [6, 6.07) is 0. The molecule has 1 aromatic heterocycles. The van der Waals surface area contributed by atoms with E-state index in [2.05, 4.69) is 10.3 Å². The monoisotopic (exact) mass is 157 g/mol. The van der Waals surface area contributed by atoms with E-state index in [0.717, 1.165) is 17.4 Å². The number of thiazole rings is 1. The maximum atomic E-state index is 5.38. The molecule has 0 spiro atoms. The summed E-state index contributed by atoms with van der Waals surface area (Å²) in [5.41, 5.74) is 6.33. The lowest BCUT2D eigenvalue weighted by atomic mass is 10.5. The Bertz CT molecular complexity index is 197. The molecule has 0 unspecified atom stereocenters. The molecule has 10 heavy (non-hydrogen) atoms. The number of nitrogens with two attached hydrogens (primary N) is 1. The molecule has 0 bridgehead atoms. The van der Waals surface area contributed by atoms with Crippen molar-refractivity contribution in [2.24, 2.45) is 5.73 Å². The molecule has 1 rings (SSSR count). The minimum absolute atomic E-state index is 0.530. The van der Waals surface area contributed by atoms with Gasteiger partial charge in [0.2, 0.25) is 0 Å². The quantitative estimate of drug-likeness (QED) is 0.689. The van der Waals surface area contributed by atoms with Crippen LogP contribution in [0.15, 0.2) is 5.38 Å². The van der Waals surface area contributed by atoms with Crippen molar-refractivity contribution in [3.8, 4) is 0 Å². The third-order valence-corrected chi connectivity index (χ3v) is 1.94. The first-order chi connectivity index (χ1) is 4.86. The van der Waals surface area contributed by atoms with Crippen LogP contribution in [-0.2, 0) is 6.54 Å². The van der Waals surface area contributed by atoms with Crippen molar-refractivity contribution in [2.75, 3.05) is 11.9 Å². The predicted octanol–water partition coefficient (Wildman–Crippen LogP) is 1.03. The number of aromatic nitrogens is 1. The molecule has 0 amide bonds. The predicted molar refractivity (Wildman–Crippen MR) is 44.2 cm³/mol. The Hall–Kier alpha value is -0.610. The van der Waals surface area contributed by atoms with E-state index in [1.807, 2.05) is 12.3 Å². The maximum absolute atomic E-state index is 5.38. The van der Waals surface area contributed by atoms with E-state index in [0.29, 0.717) is 6.54 Å². The maximum Gasteiger partial charge on any atom is 0.182 e. The molecule has 0 atom stereocenters. The second kappa shape index (κ2) is 3.53. The molecule has 4 heteroatoms. The summed E-state index contributed by atoms with van der Waals surface area (Å²) in [5, 5.41) is 6.05. The first kappa shape index (κ1) is 7.50. The van der Waals surface area contributed by atoms with E-state index in [1.54, 1.807) is 11.3 Å². The molecule has 0 aliphatic carbocycles. The van der Waals surface area contributed by atoms with Gasteiger partial charge in [0.1, 0.15) is 0 Å². The van der Waals surface area contributed by atoms with Gasteiger partial charge in [-0.25, -0.2) is 4.98 Å². The highest BCUT2D eigenvalue weighted by molar-refractivity contribution is 7.13. The van der Waals surface area contributed by atoms with Gasteiger partial charge >= 0.3 is 0 Å². The standard InChI is InChI=1S/C6H11N3S/c1-2-8-6-9-5(3-7)4-10-6/h4H,2-3,7H2,1H3,(H,8,9). The molecule has 0 fully saturated rings. The Morgan fingerprint density at radius 1 is 1.80 bits per heavy atom. The van der Waals surface area contributed by atoms with Crippen LogP contribution in [0, 0.1) is 0 Å². The molecule has 0 saturated heterocycles. The van der Waals surface area contributed by atoms with E-state index in [4.69, 9.17) is 5.73 Å². The molecule has 1 heterocycles. The Kier molecular flexibility index (Phi) is 2.65. The highest BCUT2D eigenvalue weighted by Crippen LogP contribution is 2.13. The van der Waals surface area contributed by atoms with E-state index in [1.165, 1.54) is 0 Å². The molecular formula is C6H11N3S. The molecule has 0 aliphatic heterocycles. The summed E-state index contributed by atoms with van der Waals surface area (Å²) in [7, 11) is 0. The van der Waals surface area contributed by atoms with E-state index in [-0.39, 0.29) is 0 Å². The summed E-state index contributed by atoms with van der Waals surface area (Å²) in [6.45, 7) is 3.49. The van der Waals surface area contributed by atoms with Crippen molar-refractivity contribution in [1.82, 2.24) is 4.98 Å². The first-order valence-electron chi connectivity index (χ1n) is 3.25. The second-order valence-electron chi connectivity index (χ2n) is 1.88. The molecule has 0 radical (unpaired) electrons. The Balaban J connectivity index is 2.59. The molecule has 56 valence electrons. The van der Waals surface area contributed by atoms with E-state index < -0.39 is 0 Å². The normalized spacial score (nSPS) is 9.80. The third kappa shape index (κ3) is 1.68. The van der Waals surface area contributed by atoms with Gasteiger partial charge in [-0.05, 0) is 6.92 Å². The van der Waals surface area contributed by atoms with Crippen LogP contribution in [0.2, 0.25) is 0 Å². The van der Waals surface area contributed by atoms with Gasteiger partial charge in [-0.15, -0.1) is 11.3 Å². The number of nitrogens with one attached hydrogen (secondary N) is 1. The lowest BCUT2D eigenvalue weighted by Gasteiger charge is -1.93. The van der Waals surface area contributed by atoms with Gasteiger partial charge in [-0.2, -0.15) is 0 Å². The van der Waals surface area contributed by atoms with Crippen LogP contribution in [0.1, 0.15) is 12.6 Å². The van der Waals surface area contributed by atoms with Crippen molar-refractivity contribution >= 4 is 16.5 Å². The zero-order chi connectivity index (χ0) is 7.40. The van der Waals surface area contributed by atoms with Crippen molar-refractivity contribution in [3.63, 3.8) is 0 Å². The third-order valence-electron chi connectivity index (χ3n) is 1.09. The second-order valence-corrected chi connectivity index (χ2v) is 2.74. The Labute approximate surface area is 64.3 Å². The summed E-state index contributed by atoms with van der Waals surface area (Å²) in [4.78, 5) is 4.20. The van der Waals surface area contributed by atoms with Crippen molar-refractivity contribution in [3.05, 3.63) is 11.1 Å². The van der Waals surface area contributed by atoms with Crippen molar-refractivity contribution in [2.45, 2.75) is 13.5 Å². The highest BCUT2D eigenvalue weighted by atomic mass is 32.1. The largest absolute Gasteiger partial charge is 0.362 e. The number of hydrogen-bond acceptors (Lipinski definition) is 4. The zero-order valence-corrected chi connectivity index (χ0v) is 6.74. The van der Waals surface area contributed by atoms with Crippen molar-refractivity contribution in [1.29, 1.82) is 0 Å². The molecule has 0 aromatic carbocycles. The van der Waals surface area contributed by atoms with Gasteiger partial charge in [-0.1, -0.05) is 0 Å². The summed E-state index contributed by atoms with van der Waals surface area (Å²) in [5.74, 6) is 0. The van der Waals surface area contributed by atoms with E-state index in [9.17, 15) is 0 Å². The fraction of sp³-hybridized carbons (Fsp3) is 0.500. The van der Waals surface area contributed by atoms with Gasteiger partial charge < -0.3 is 11.1 Å². The average molecular weight is 157 g/mol. The smallest absolute Gasteiger partial charge is 0.182 e. The van der Waals surface area contributed by atoms with E-state index >= 15 is 0 Å². The van der Waals surface area contributed by atoms with Gasteiger partial charge in [0.25, 0.3) is 0 Å². The minimum Gasteiger partial charge on any atom is -0.362 e. The molecule has 3 nitrogen and oxygen atoms in total. The Morgan fingerprint density at radius 2 is 2.60 bits per heavy atom. The lowest BCUT2D eigenvalue weighted by molar-refractivity contribution is 1.01. The molecule has 3 N–H and O–H groups in total. The number of anilines is 1. The van der Waals surface area contributed by atoms with Gasteiger partial charge in [0.05, 0.1) is 5.69 Å². The molecule has 0 aliphatic rings. The number of hydrogen-bond donors (Lipinski definition) is 2. The first-order valence-corrected chi connectivity index (χ1v) is 4.13. The number of nitrogens with zero attached hydrogens (tertiary/aromatic N) is 1. The average Bonchev–Trinajstić information content (AvgIpc) is 2.37. The van der Waals surface area contributed by atoms with Gasteiger partial charge in [-0.3, -0.25) is 0 Å². The van der Waals surface area contributed by atoms with Crippen LogP contribution in [0.4, 0.5) is 5.13 Å². The zero-order valence-electron chi connectivity index (χ0n) is 5.92. The lowest BCUT2D eigenvalue weighted by Crippen LogP contribution is -1.98. The van der Waals surface area contributed by atoms with Gasteiger partial charge in [0, 0.05) is 18.5 Å². The fourth-order valence-electron chi connectivity index (χ4n) is 0.633. The van der Waals surface area contributed by atoms with Crippen LogP contribution in [0.25, 0.3) is 0 Å². The summed E-state index contributed by atoms with van der Waals surface area (Å²) < 4.78 is 0. The summed E-state index contributed by atoms with van der Waals surface area (Å²) >= 11 is 1.60. The van der Waals surface area contributed by atoms with Crippen LogP contribution in [-0.4, -0.2) is 11.5 Å². The number of rotatable bonds is 3. The fourth-order valence-corrected chi connectivity index (χ4v) is 1.43. The Morgan fingerprint density at radius 3 is 3.10 bits per heavy atom. The van der Waals surface area contributed by atoms with Crippen LogP contribution in [0.5, 0.6) is 0 Å². The van der Waals surface area contributed by atoms with Crippen LogP contribution in [0.3, 0.4) is 0 Å². The van der Waals surface area contributed by atoms with Crippen LogP contribution < -0.4 is 11.1 Å². The minimum atomic E-state index is 0.530. The van der Waals surface area contributed by atoms with Gasteiger partial charge in [0.15, 0.2) is 5.13 Å². The molecule has 1 aromatic rings. The SMILES string of the molecule is CCNc1nc(CN)cs1. The van der Waals surface area contributed by atoms with Crippen molar-refractivity contribution < 1.29 is 0 Å². The topological polar surface area (TPSA) is 50.9 Å². The highest BCUT2D eigenvalue weighted by Gasteiger charge is 1.96. The van der Waals surface area contributed by atoms with Crippen LogP contribution >= 0.6 is 11.3 Å². The molecular weight excluding hydrogens is 146 g/mol. The summed E-state index contributed by atoms with van der Waals surface area (Å²) in [6.07, 6.45) is 0. The molecule has 0 saturated carbocycles.